The van der Waals surface area contributed by atoms with Crippen LogP contribution in [0.3, 0.4) is 0 Å². The quantitative estimate of drug-likeness (QED) is 0.150. The highest BCUT2D eigenvalue weighted by Gasteiger charge is 2.32. The van der Waals surface area contributed by atoms with E-state index in [-0.39, 0.29) is 61.0 Å². The van der Waals surface area contributed by atoms with Gasteiger partial charge in [0.2, 0.25) is 0 Å². The molecule has 2 fully saturated rings. The number of hydrogen-bond donors (Lipinski definition) is 2. The lowest BCUT2D eigenvalue weighted by molar-refractivity contribution is -0.151. The van der Waals surface area contributed by atoms with Gasteiger partial charge in [0.25, 0.3) is 6.43 Å². The fourth-order valence-corrected chi connectivity index (χ4v) is 6.42. The van der Waals surface area contributed by atoms with Gasteiger partial charge in [-0.1, -0.05) is 6.42 Å². The molecule has 3 heterocycles. The van der Waals surface area contributed by atoms with Gasteiger partial charge >= 0.3 is 12.1 Å². The minimum atomic E-state index is -2.60. The molecule has 1 unspecified atom stereocenters. The Bertz CT molecular complexity index is 1480. The lowest BCUT2D eigenvalue weighted by Crippen LogP contribution is -2.29. The maximum absolute atomic E-state index is 13.1. The van der Waals surface area contributed by atoms with Crippen LogP contribution in [0.15, 0.2) is 48.8 Å². The molecule has 3 aromatic rings. The molecule has 252 valence electrons. The van der Waals surface area contributed by atoms with Crippen molar-refractivity contribution >= 4 is 23.8 Å². The highest BCUT2D eigenvalue weighted by Crippen LogP contribution is 2.38. The SMILES string of the molecule is Cc1cc(Nc2cc(C(F)F)ccn2)nc(-c2ccc(C(CO)C3CCC(C(=O)OCCOC(=O)OC4CCCCC4)CC3)nc2)c1. The highest BCUT2D eigenvalue weighted by atomic mass is 19.3. The van der Waals surface area contributed by atoms with E-state index in [1.54, 1.807) is 12.3 Å². The Hall–Kier alpha value is -4.19. The van der Waals surface area contributed by atoms with E-state index in [4.69, 9.17) is 14.2 Å². The second-order valence-electron chi connectivity index (χ2n) is 12.3. The zero-order chi connectivity index (χ0) is 33.2. The van der Waals surface area contributed by atoms with Crippen molar-refractivity contribution in [1.29, 1.82) is 0 Å². The van der Waals surface area contributed by atoms with Crippen LogP contribution in [0.2, 0.25) is 0 Å². The van der Waals surface area contributed by atoms with Crippen molar-refractivity contribution in [3.05, 3.63) is 65.6 Å². The fourth-order valence-electron chi connectivity index (χ4n) is 6.42. The van der Waals surface area contributed by atoms with Crippen LogP contribution in [-0.4, -0.2) is 58.1 Å². The zero-order valence-corrected chi connectivity index (χ0v) is 26.6. The molecule has 2 aliphatic rings. The number of halogens is 2. The van der Waals surface area contributed by atoms with E-state index in [0.29, 0.717) is 24.4 Å². The predicted octanol–water partition coefficient (Wildman–Crippen LogP) is 7.44. The molecule has 0 aromatic carbocycles. The number of rotatable bonds is 12. The number of esters is 1. The largest absolute Gasteiger partial charge is 0.508 e. The summed E-state index contributed by atoms with van der Waals surface area (Å²) in [4.78, 5) is 37.9. The number of ether oxygens (including phenoxy) is 3. The topological polar surface area (TPSA) is 133 Å². The zero-order valence-electron chi connectivity index (χ0n) is 26.6. The Morgan fingerprint density at radius 2 is 1.70 bits per heavy atom. The number of carbonyl (C=O) groups is 2. The lowest BCUT2D eigenvalue weighted by atomic mass is 9.75. The van der Waals surface area contributed by atoms with E-state index in [1.807, 2.05) is 25.1 Å². The third kappa shape index (κ3) is 9.66. The number of aromatic nitrogens is 3. The smallest absolute Gasteiger partial charge is 0.462 e. The Kier molecular flexibility index (Phi) is 12.0. The van der Waals surface area contributed by atoms with Crippen LogP contribution in [0, 0.1) is 18.8 Å². The number of aryl methyl sites for hydroxylation is 1. The number of pyridine rings is 3. The van der Waals surface area contributed by atoms with E-state index >= 15 is 0 Å². The number of alkyl halides is 2. The molecular formula is C35H42F2N4O6. The number of nitrogens with zero attached hydrogens (tertiary/aromatic N) is 3. The molecule has 10 nitrogen and oxygen atoms in total. The summed E-state index contributed by atoms with van der Waals surface area (Å²) in [5.41, 5.74) is 2.97. The van der Waals surface area contributed by atoms with Crippen LogP contribution in [0.5, 0.6) is 0 Å². The molecule has 1 atom stereocenters. The van der Waals surface area contributed by atoms with Crippen LogP contribution < -0.4 is 5.32 Å². The Labute approximate surface area is 273 Å². The molecule has 0 spiro atoms. The molecule has 0 amide bonds. The molecule has 2 aliphatic carbocycles. The second kappa shape index (κ2) is 16.6. The highest BCUT2D eigenvalue weighted by molar-refractivity contribution is 5.72. The van der Waals surface area contributed by atoms with Gasteiger partial charge in [0, 0.05) is 35.1 Å². The second-order valence-corrected chi connectivity index (χ2v) is 12.3. The molecule has 5 rings (SSSR count). The van der Waals surface area contributed by atoms with Gasteiger partial charge in [-0.3, -0.25) is 9.78 Å². The van der Waals surface area contributed by atoms with Crippen molar-refractivity contribution in [2.45, 2.75) is 83.2 Å². The van der Waals surface area contributed by atoms with E-state index < -0.39 is 12.6 Å². The Morgan fingerprint density at radius 1 is 0.936 bits per heavy atom. The summed E-state index contributed by atoms with van der Waals surface area (Å²) in [6.45, 7) is 1.80. The molecule has 12 heteroatoms. The Morgan fingerprint density at radius 3 is 2.40 bits per heavy atom. The number of carbonyl (C=O) groups excluding carboxylic acids is 2. The third-order valence-electron chi connectivity index (χ3n) is 8.96. The first-order valence-corrected chi connectivity index (χ1v) is 16.4. The van der Waals surface area contributed by atoms with Gasteiger partial charge in [-0.05, 0) is 106 Å². The van der Waals surface area contributed by atoms with Gasteiger partial charge in [0.15, 0.2) is 0 Å². The average Bonchev–Trinajstić information content (AvgIpc) is 3.08. The first kappa shape index (κ1) is 34.2. The van der Waals surface area contributed by atoms with Crippen LogP contribution in [0.4, 0.5) is 25.2 Å². The van der Waals surface area contributed by atoms with E-state index in [9.17, 15) is 23.5 Å². The number of aliphatic hydroxyl groups excluding tert-OH is 1. The van der Waals surface area contributed by atoms with Crippen molar-refractivity contribution in [3.63, 3.8) is 0 Å². The molecule has 2 saturated carbocycles. The standard InChI is InChI=1S/C35H42F2N4O6/c1-22-17-30(40-32(18-22)41-31-19-25(33(36)37)13-14-38-31)26-11-12-29(39-20-26)28(21-42)23-7-9-24(10-8-23)34(43)45-15-16-46-35(44)47-27-5-3-2-4-6-27/h11-14,17-20,23-24,27-28,33,42H,2-10,15-16,21H2,1H3,(H,38,40,41). The molecule has 0 bridgehead atoms. The molecule has 47 heavy (non-hydrogen) atoms. The van der Waals surface area contributed by atoms with Crippen LogP contribution in [-0.2, 0) is 19.0 Å². The van der Waals surface area contributed by atoms with Gasteiger partial charge in [-0.25, -0.2) is 23.5 Å². The number of aliphatic hydroxyl groups is 1. The summed E-state index contributed by atoms with van der Waals surface area (Å²) in [5, 5.41) is 13.3. The molecule has 0 radical (unpaired) electrons. The van der Waals surface area contributed by atoms with Crippen LogP contribution in [0.1, 0.15) is 87.0 Å². The maximum Gasteiger partial charge on any atom is 0.508 e. The normalized spacial score (nSPS) is 19.2. The number of anilines is 2. The summed E-state index contributed by atoms with van der Waals surface area (Å²) >= 11 is 0. The van der Waals surface area contributed by atoms with E-state index in [2.05, 4.69) is 20.3 Å². The Balaban J connectivity index is 1.10. The molecule has 3 aromatic heterocycles. The predicted molar refractivity (Wildman–Crippen MR) is 170 cm³/mol. The van der Waals surface area contributed by atoms with Crippen LogP contribution in [0.25, 0.3) is 11.3 Å². The molecule has 0 saturated heterocycles. The van der Waals surface area contributed by atoms with Crippen molar-refractivity contribution in [2.24, 2.45) is 11.8 Å². The summed E-state index contributed by atoms with van der Waals surface area (Å²) in [6.07, 6.45) is 7.41. The number of hydrogen-bond acceptors (Lipinski definition) is 10. The minimum absolute atomic E-state index is 0.00973. The molecule has 2 N–H and O–H groups in total. The van der Waals surface area contributed by atoms with Crippen molar-refractivity contribution in [3.8, 4) is 11.3 Å². The maximum atomic E-state index is 13.1. The van der Waals surface area contributed by atoms with Crippen molar-refractivity contribution in [1.82, 2.24) is 15.0 Å². The first-order valence-electron chi connectivity index (χ1n) is 16.4. The van der Waals surface area contributed by atoms with Crippen molar-refractivity contribution < 1.29 is 37.7 Å². The third-order valence-corrected chi connectivity index (χ3v) is 8.96. The summed E-state index contributed by atoms with van der Waals surface area (Å²) in [5.74, 6) is 0.183. The average molecular weight is 653 g/mol. The van der Waals surface area contributed by atoms with E-state index in [0.717, 1.165) is 61.8 Å². The monoisotopic (exact) mass is 652 g/mol. The summed E-state index contributed by atoms with van der Waals surface area (Å²) in [7, 11) is 0. The van der Waals surface area contributed by atoms with Gasteiger partial charge in [0.05, 0.1) is 18.2 Å². The summed E-state index contributed by atoms with van der Waals surface area (Å²) < 4.78 is 42.0. The van der Waals surface area contributed by atoms with Crippen molar-refractivity contribution in [2.75, 3.05) is 25.1 Å². The van der Waals surface area contributed by atoms with Gasteiger partial charge < -0.3 is 24.6 Å². The van der Waals surface area contributed by atoms with Gasteiger partial charge in [-0.2, -0.15) is 0 Å². The van der Waals surface area contributed by atoms with Gasteiger partial charge in [0.1, 0.15) is 31.0 Å². The molecule has 0 aliphatic heterocycles. The lowest BCUT2D eigenvalue weighted by Gasteiger charge is -2.32. The number of nitrogens with one attached hydrogen (secondary N) is 1. The van der Waals surface area contributed by atoms with Gasteiger partial charge in [-0.15, -0.1) is 0 Å². The first-order chi connectivity index (χ1) is 22.8. The summed E-state index contributed by atoms with van der Waals surface area (Å²) in [6, 6.07) is 10.1. The van der Waals surface area contributed by atoms with E-state index in [1.165, 1.54) is 18.3 Å². The van der Waals surface area contributed by atoms with Crippen LogP contribution >= 0.6 is 0 Å². The molecular weight excluding hydrogens is 610 g/mol. The fraction of sp³-hybridized carbons (Fsp3) is 0.514. The minimum Gasteiger partial charge on any atom is -0.462 e.